The molecule has 4 nitrogen and oxygen atoms in total. The Bertz CT molecular complexity index is 593. The quantitative estimate of drug-likeness (QED) is 0.908. The van der Waals surface area contributed by atoms with E-state index in [1.54, 1.807) is 0 Å². The Hall–Kier alpha value is -1.84. The molecule has 0 saturated heterocycles. The highest BCUT2D eigenvalue weighted by molar-refractivity contribution is 5.91. The molecule has 1 heterocycles. The summed E-state index contributed by atoms with van der Waals surface area (Å²) in [6.45, 7) is 5.60. The highest BCUT2D eigenvalue weighted by Gasteiger charge is 2.41. The smallest absolute Gasteiger partial charge is 0.247 e. The first-order valence-electron chi connectivity index (χ1n) is 8.74. The molecule has 0 radical (unpaired) electrons. The molecular formula is C19H26N2O2. The molecule has 1 saturated carbocycles. The van der Waals surface area contributed by atoms with Crippen LogP contribution in [0.2, 0.25) is 0 Å². The number of hydrogen-bond acceptors (Lipinski definition) is 2. The number of carbonyl (C=O) groups excluding carboxylic acids is 2. The Morgan fingerprint density at radius 3 is 2.70 bits per heavy atom. The second kappa shape index (κ2) is 6.73. The van der Waals surface area contributed by atoms with Crippen molar-refractivity contribution in [1.29, 1.82) is 0 Å². The van der Waals surface area contributed by atoms with Gasteiger partial charge in [0.15, 0.2) is 0 Å². The van der Waals surface area contributed by atoms with Crippen LogP contribution in [0.3, 0.4) is 0 Å². The third kappa shape index (κ3) is 3.57. The minimum absolute atomic E-state index is 0.0354. The van der Waals surface area contributed by atoms with E-state index in [1.807, 2.05) is 23.1 Å². The summed E-state index contributed by atoms with van der Waals surface area (Å²) in [5.41, 5.74) is 2.19. The Balaban J connectivity index is 1.80. The molecule has 1 atom stereocenters. The van der Waals surface area contributed by atoms with E-state index in [4.69, 9.17) is 0 Å². The predicted molar refractivity (Wildman–Crippen MR) is 89.8 cm³/mol. The van der Waals surface area contributed by atoms with E-state index in [2.05, 4.69) is 25.2 Å². The first-order chi connectivity index (χ1) is 11.1. The highest BCUT2D eigenvalue weighted by atomic mass is 16.2. The van der Waals surface area contributed by atoms with Gasteiger partial charge in [-0.1, -0.05) is 38.1 Å². The Kier molecular flexibility index (Phi) is 4.69. The van der Waals surface area contributed by atoms with Crippen LogP contribution in [0, 0.1) is 11.8 Å². The van der Waals surface area contributed by atoms with Crippen molar-refractivity contribution in [2.24, 2.45) is 11.8 Å². The van der Waals surface area contributed by atoms with Crippen LogP contribution in [0.25, 0.3) is 0 Å². The molecule has 0 spiro atoms. The molecule has 124 valence electrons. The summed E-state index contributed by atoms with van der Waals surface area (Å²) in [6.07, 6.45) is 3.73. The van der Waals surface area contributed by atoms with Crippen LogP contribution in [0.1, 0.15) is 50.3 Å². The van der Waals surface area contributed by atoms with Gasteiger partial charge >= 0.3 is 0 Å². The van der Waals surface area contributed by atoms with Gasteiger partial charge < -0.3 is 10.2 Å². The zero-order valence-corrected chi connectivity index (χ0v) is 14.0. The molecule has 1 aliphatic heterocycles. The first-order valence-corrected chi connectivity index (χ1v) is 8.74. The fourth-order valence-electron chi connectivity index (χ4n) is 3.23. The third-order valence-electron chi connectivity index (χ3n) is 4.76. The summed E-state index contributed by atoms with van der Waals surface area (Å²) in [7, 11) is 0. The van der Waals surface area contributed by atoms with Gasteiger partial charge in [0.25, 0.3) is 0 Å². The number of hydrogen-bond donors (Lipinski definition) is 1. The van der Waals surface area contributed by atoms with E-state index >= 15 is 0 Å². The van der Waals surface area contributed by atoms with Gasteiger partial charge in [0, 0.05) is 19.0 Å². The van der Waals surface area contributed by atoms with Crippen molar-refractivity contribution in [1.82, 2.24) is 10.2 Å². The van der Waals surface area contributed by atoms with Crippen molar-refractivity contribution in [3.05, 3.63) is 35.4 Å². The standard InChI is InChI=1S/C19H26N2O2/c1-13(2)9-11-20-18(22)17-16-6-4-3-5-14(16)10-12-21(17)19(23)15-7-8-15/h3-6,13,15,17H,7-12H2,1-2H3,(H,20,22)/t17-/m0/s1. The fourth-order valence-corrected chi connectivity index (χ4v) is 3.23. The van der Waals surface area contributed by atoms with Crippen molar-refractivity contribution in [3.63, 3.8) is 0 Å². The maximum Gasteiger partial charge on any atom is 0.247 e. The summed E-state index contributed by atoms with van der Waals surface area (Å²) in [5.74, 6) is 0.819. The zero-order chi connectivity index (χ0) is 16.4. The minimum Gasteiger partial charge on any atom is -0.354 e. The summed E-state index contributed by atoms with van der Waals surface area (Å²) >= 11 is 0. The topological polar surface area (TPSA) is 49.4 Å². The number of rotatable bonds is 5. The SMILES string of the molecule is CC(C)CCNC(=O)[C@@H]1c2ccccc2CCN1C(=O)C1CC1. The first kappa shape index (κ1) is 16.0. The van der Waals surface area contributed by atoms with Gasteiger partial charge in [-0.3, -0.25) is 9.59 Å². The zero-order valence-electron chi connectivity index (χ0n) is 14.0. The molecule has 4 heteroatoms. The van der Waals surface area contributed by atoms with E-state index in [1.165, 1.54) is 5.56 Å². The van der Waals surface area contributed by atoms with E-state index in [0.717, 1.165) is 31.2 Å². The fraction of sp³-hybridized carbons (Fsp3) is 0.579. The molecule has 0 bridgehead atoms. The summed E-state index contributed by atoms with van der Waals surface area (Å²) in [5, 5.41) is 3.04. The van der Waals surface area contributed by atoms with Crippen LogP contribution in [-0.4, -0.2) is 29.8 Å². The molecule has 0 aromatic heterocycles. The summed E-state index contributed by atoms with van der Waals surface area (Å²) in [4.78, 5) is 27.2. The molecule has 1 aromatic carbocycles. The Labute approximate surface area is 138 Å². The van der Waals surface area contributed by atoms with Crippen LogP contribution >= 0.6 is 0 Å². The van der Waals surface area contributed by atoms with Gasteiger partial charge in [0.2, 0.25) is 11.8 Å². The van der Waals surface area contributed by atoms with E-state index in [9.17, 15) is 9.59 Å². The van der Waals surface area contributed by atoms with Crippen LogP contribution < -0.4 is 5.32 Å². The molecule has 3 rings (SSSR count). The Morgan fingerprint density at radius 2 is 2.00 bits per heavy atom. The predicted octanol–water partition coefficient (Wildman–Crippen LogP) is 2.68. The van der Waals surface area contributed by atoms with E-state index in [0.29, 0.717) is 19.0 Å². The number of fused-ring (bicyclic) bond motifs is 1. The van der Waals surface area contributed by atoms with Crippen LogP contribution in [0.4, 0.5) is 0 Å². The van der Waals surface area contributed by atoms with Crippen molar-refractivity contribution < 1.29 is 9.59 Å². The van der Waals surface area contributed by atoms with Gasteiger partial charge in [0.1, 0.15) is 6.04 Å². The third-order valence-corrected chi connectivity index (χ3v) is 4.76. The number of carbonyl (C=O) groups is 2. The molecule has 0 unspecified atom stereocenters. The number of nitrogens with zero attached hydrogens (tertiary/aromatic N) is 1. The van der Waals surface area contributed by atoms with Gasteiger partial charge in [0.05, 0.1) is 0 Å². The van der Waals surface area contributed by atoms with Gasteiger partial charge in [-0.15, -0.1) is 0 Å². The highest BCUT2D eigenvalue weighted by Crippen LogP contribution is 2.37. The lowest BCUT2D eigenvalue weighted by molar-refractivity contribution is -0.142. The summed E-state index contributed by atoms with van der Waals surface area (Å²) < 4.78 is 0. The average Bonchev–Trinajstić information content (AvgIpc) is 3.37. The van der Waals surface area contributed by atoms with Crippen LogP contribution in [0.5, 0.6) is 0 Å². The Morgan fingerprint density at radius 1 is 1.26 bits per heavy atom. The van der Waals surface area contributed by atoms with E-state index in [-0.39, 0.29) is 17.7 Å². The molecule has 2 amide bonds. The molecule has 2 aliphatic rings. The van der Waals surface area contributed by atoms with Crippen molar-refractivity contribution in [3.8, 4) is 0 Å². The van der Waals surface area contributed by atoms with Gasteiger partial charge in [-0.25, -0.2) is 0 Å². The van der Waals surface area contributed by atoms with Crippen molar-refractivity contribution >= 4 is 11.8 Å². The monoisotopic (exact) mass is 314 g/mol. The largest absolute Gasteiger partial charge is 0.354 e. The minimum atomic E-state index is -0.458. The maximum absolute atomic E-state index is 12.8. The van der Waals surface area contributed by atoms with Crippen molar-refractivity contribution in [2.75, 3.05) is 13.1 Å². The molecule has 23 heavy (non-hydrogen) atoms. The lowest BCUT2D eigenvalue weighted by Gasteiger charge is -2.36. The maximum atomic E-state index is 12.8. The van der Waals surface area contributed by atoms with Gasteiger partial charge in [-0.2, -0.15) is 0 Å². The molecular weight excluding hydrogens is 288 g/mol. The molecule has 1 aromatic rings. The number of benzene rings is 1. The van der Waals surface area contributed by atoms with E-state index < -0.39 is 6.04 Å². The lowest BCUT2D eigenvalue weighted by atomic mass is 9.91. The normalized spacial score (nSPS) is 20.3. The average molecular weight is 314 g/mol. The number of amides is 2. The lowest BCUT2D eigenvalue weighted by Crippen LogP contribution is -2.48. The van der Waals surface area contributed by atoms with Crippen molar-refractivity contribution in [2.45, 2.75) is 45.6 Å². The number of nitrogens with one attached hydrogen (secondary N) is 1. The molecule has 1 aliphatic carbocycles. The van der Waals surface area contributed by atoms with Crippen LogP contribution in [-0.2, 0) is 16.0 Å². The summed E-state index contributed by atoms with van der Waals surface area (Å²) in [6, 6.07) is 7.57. The van der Waals surface area contributed by atoms with Crippen LogP contribution in [0.15, 0.2) is 24.3 Å². The second-order valence-electron chi connectivity index (χ2n) is 7.13. The molecule has 1 fully saturated rings. The molecule has 1 N–H and O–H groups in total. The van der Waals surface area contributed by atoms with Gasteiger partial charge in [-0.05, 0) is 42.7 Å². The second-order valence-corrected chi connectivity index (χ2v) is 7.13.